The van der Waals surface area contributed by atoms with Gasteiger partial charge in [0.2, 0.25) is 0 Å². The maximum absolute atomic E-state index is 12.0. The predicted molar refractivity (Wildman–Crippen MR) is 75.6 cm³/mol. The van der Waals surface area contributed by atoms with Gasteiger partial charge in [-0.1, -0.05) is 35.3 Å². The summed E-state index contributed by atoms with van der Waals surface area (Å²) >= 11 is 11.5. The number of halogens is 2. The zero-order valence-corrected chi connectivity index (χ0v) is 11.4. The van der Waals surface area contributed by atoms with Gasteiger partial charge in [-0.05, 0) is 24.3 Å². The second kappa shape index (κ2) is 5.90. The summed E-state index contributed by atoms with van der Waals surface area (Å²) in [5, 5.41) is 11.6. The minimum absolute atomic E-state index is 0.0149. The fourth-order valence-corrected chi connectivity index (χ4v) is 1.98. The zero-order chi connectivity index (χ0) is 14.7. The first-order chi connectivity index (χ1) is 9.49. The number of rotatable bonds is 3. The Morgan fingerprint density at radius 1 is 1.05 bits per heavy atom. The van der Waals surface area contributed by atoms with Crippen LogP contribution in [0.2, 0.25) is 10.3 Å². The maximum atomic E-state index is 12.0. The summed E-state index contributed by atoms with van der Waals surface area (Å²) in [6, 6.07) is 8.89. The number of aromatic nitrogens is 1. The molecule has 20 heavy (non-hydrogen) atoms. The third-order valence-corrected chi connectivity index (χ3v) is 2.96. The molecular formula is C13H8Cl2N2O3. The molecule has 1 aromatic heterocycles. The van der Waals surface area contributed by atoms with E-state index in [1.165, 1.54) is 24.3 Å². The summed E-state index contributed by atoms with van der Waals surface area (Å²) in [5.41, 5.74) is 0.270. The smallest absolute Gasteiger partial charge is 0.337 e. The minimum Gasteiger partial charge on any atom is -0.478 e. The van der Waals surface area contributed by atoms with Gasteiger partial charge in [0.15, 0.2) is 0 Å². The van der Waals surface area contributed by atoms with Crippen LogP contribution in [0.25, 0.3) is 0 Å². The first kappa shape index (κ1) is 14.3. The van der Waals surface area contributed by atoms with Crippen LogP contribution in [0.1, 0.15) is 20.7 Å². The molecule has 2 aromatic rings. The Morgan fingerprint density at radius 3 is 2.40 bits per heavy atom. The highest BCUT2D eigenvalue weighted by atomic mass is 35.5. The van der Waals surface area contributed by atoms with E-state index < -0.39 is 11.9 Å². The van der Waals surface area contributed by atoms with E-state index in [-0.39, 0.29) is 27.1 Å². The summed E-state index contributed by atoms with van der Waals surface area (Å²) in [7, 11) is 0. The molecule has 0 aliphatic carbocycles. The Hall–Kier alpha value is -2.11. The van der Waals surface area contributed by atoms with Gasteiger partial charge in [-0.2, -0.15) is 0 Å². The molecule has 0 unspecified atom stereocenters. The van der Waals surface area contributed by atoms with Crippen molar-refractivity contribution in [2.24, 2.45) is 0 Å². The second-order valence-electron chi connectivity index (χ2n) is 3.78. The van der Waals surface area contributed by atoms with E-state index in [1.54, 1.807) is 12.1 Å². The quantitative estimate of drug-likeness (QED) is 0.852. The molecule has 0 aliphatic heterocycles. The Bertz CT molecular complexity index is 689. The van der Waals surface area contributed by atoms with Crippen molar-refractivity contribution in [3.8, 4) is 0 Å². The number of nitrogens with zero attached hydrogens (tertiary/aromatic N) is 1. The molecule has 0 atom stereocenters. The fraction of sp³-hybridized carbons (Fsp3) is 0. The second-order valence-corrected chi connectivity index (χ2v) is 4.52. The number of carboxylic acids is 1. The lowest BCUT2D eigenvalue weighted by atomic mass is 10.1. The van der Waals surface area contributed by atoms with Crippen LogP contribution < -0.4 is 5.32 Å². The van der Waals surface area contributed by atoms with Crippen LogP contribution in [0.5, 0.6) is 0 Å². The number of hydrogen-bond donors (Lipinski definition) is 2. The van der Waals surface area contributed by atoms with Gasteiger partial charge in [0.05, 0.1) is 16.8 Å². The molecular weight excluding hydrogens is 303 g/mol. The molecule has 0 saturated carbocycles. The van der Waals surface area contributed by atoms with Crippen LogP contribution in [0.4, 0.5) is 5.69 Å². The number of benzene rings is 1. The van der Waals surface area contributed by atoms with Crippen LogP contribution in [0.3, 0.4) is 0 Å². The summed E-state index contributed by atoms with van der Waals surface area (Å²) in [4.78, 5) is 26.8. The van der Waals surface area contributed by atoms with E-state index in [4.69, 9.17) is 28.3 Å². The van der Waals surface area contributed by atoms with E-state index in [0.717, 1.165) is 0 Å². The molecule has 1 aromatic carbocycles. The number of carbonyl (C=O) groups is 2. The highest BCUT2D eigenvalue weighted by Gasteiger charge is 2.15. The van der Waals surface area contributed by atoms with Crippen LogP contribution in [0.15, 0.2) is 36.4 Å². The van der Waals surface area contributed by atoms with Crippen LogP contribution in [0, 0.1) is 0 Å². The number of nitrogens with one attached hydrogen (secondary N) is 1. The van der Waals surface area contributed by atoms with Gasteiger partial charge in [0.1, 0.15) is 10.3 Å². The number of pyridine rings is 1. The Balaban J connectivity index is 2.30. The lowest BCUT2D eigenvalue weighted by Gasteiger charge is -2.09. The van der Waals surface area contributed by atoms with Gasteiger partial charge in [-0.25, -0.2) is 9.78 Å². The van der Waals surface area contributed by atoms with Gasteiger partial charge < -0.3 is 10.4 Å². The number of amides is 1. The Labute approximate surface area is 124 Å². The molecule has 7 heteroatoms. The molecule has 102 valence electrons. The average molecular weight is 311 g/mol. The third-order valence-electron chi connectivity index (χ3n) is 2.47. The SMILES string of the molecule is O=C(O)c1ccccc1NC(=O)c1ccc(Cl)nc1Cl. The first-order valence-corrected chi connectivity index (χ1v) is 6.20. The number of para-hydroxylation sites is 1. The highest BCUT2D eigenvalue weighted by Crippen LogP contribution is 2.20. The van der Waals surface area contributed by atoms with Gasteiger partial charge >= 0.3 is 5.97 Å². The average Bonchev–Trinajstić information content (AvgIpc) is 2.38. The molecule has 2 N–H and O–H groups in total. The van der Waals surface area contributed by atoms with Crippen molar-refractivity contribution in [2.45, 2.75) is 0 Å². The molecule has 2 rings (SSSR count). The Morgan fingerprint density at radius 2 is 1.75 bits per heavy atom. The van der Waals surface area contributed by atoms with Gasteiger partial charge in [-0.3, -0.25) is 4.79 Å². The monoisotopic (exact) mass is 310 g/mol. The summed E-state index contributed by atoms with van der Waals surface area (Å²) in [6.45, 7) is 0. The topological polar surface area (TPSA) is 79.3 Å². The van der Waals surface area contributed by atoms with Gasteiger partial charge in [-0.15, -0.1) is 0 Å². The summed E-state index contributed by atoms with van der Waals surface area (Å²) in [5.74, 6) is -1.70. The molecule has 5 nitrogen and oxygen atoms in total. The number of carboxylic acid groups (broad SMARTS) is 1. The number of anilines is 1. The van der Waals surface area contributed by atoms with Crippen molar-refractivity contribution in [3.05, 3.63) is 57.8 Å². The predicted octanol–water partition coefficient (Wildman–Crippen LogP) is 3.34. The molecule has 0 saturated heterocycles. The molecule has 0 radical (unpaired) electrons. The molecule has 1 heterocycles. The largest absolute Gasteiger partial charge is 0.478 e. The van der Waals surface area contributed by atoms with Crippen molar-refractivity contribution in [2.75, 3.05) is 5.32 Å². The van der Waals surface area contributed by atoms with Crippen molar-refractivity contribution in [1.29, 1.82) is 0 Å². The van der Waals surface area contributed by atoms with Gasteiger partial charge in [0, 0.05) is 0 Å². The normalized spacial score (nSPS) is 10.1. The van der Waals surface area contributed by atoms with Gasteiger partial charge in [0.25, 0.3) is 5.91 Å². The molecule has 0 spiro atoms. The fourth-order valence-electron chi connectivity index (χ4n) is 1.55. The van der Waals surface area contributed by atoms with E-state index >= 15 is 0 Å². The van der Waals surface area contributed by atoms with E-state index in [1.807, 2.05) is 0 Å². The zero-order valence-electron chi connectivity index (χ0n) is 9.93. The first-order valence-electron chi connectivity index (χ1n) is 5.45. The van der Waals surface area contributed by atoms with Crippen molar-refractivity contribution < 1.29 is 14.7 Å². The molecule has 0 bridgehead atoms. The van der Waals surface area contributed by atoms with Crippen LogP contribution in [-0.2, 0) is 0 Å². The number of aromatic carboxylic acids is 1. The third kappa shape index (κ3) is 3.07. The number of hydrogen-bond acceptors (Lipinski definition) is 3. The molecule has 1 amide bonds. The van der Waals surface area contributed by atoms with Crippen molar-refractivity contribution in [3.63, 3.8) is 0 Å². The standard InChI is InChI=1S/C13H8Cl2N2O3/c14-10-6-5-8(11(15)17-10)12(18)16-9-4-2-1-3-7(9)13(19)20/h1-6H,(H,16,18)(H,19,20). The molecule has 0 fully saturated rings. The highest BCUT2D eigenvalue weighted by molar-refractivity contribution is 6.35. The van der Waals surface area contributed by atoms with E-state index in [9.17, 15) is 9.59 Å². The Kier molecular flexibility index (Phi) is 4.22. The van der Waals surface area contributed by atoms with Crippen molar-refractivity contribution >= 4 is 40.8 Å². The molecule has 0 aliphatic rings. The van der Waals surface area contributed by atoms with E-state index in [2.05, 4.69) is 10.3 Å². The minimum atomic E-state index is -1.14. The summed E-state index contributed by atoms with van der Waals surface area (Å²) in [6.07, 6.45) is 0. The van der Waals surface area contributed by atoms with Crippen molar-refractivity contribution in [1.82, 2.24) is 4.98 Å². The number of carbonyl (C=O) groups excluding carboxylic acids is 1. The summed E-state index contributed by atoms with van der Waals surface area (Å²) < 4.78 is 0. The van der Waals surface area contributed by atoms with Crippen LogP contribution in [-0.4, -0.2) is 22.0 Å². The maximum Gasteiger partial charge on any atom is 0.337 e. The van der Waals surface area contributed by atoms with Crippen LogP contribution >= 0.6 is 23.2 Å². The van der Waals surface area contributed by atoms with E-state index in [0.29, 0.717) is 0 Å². The lowest BCUT2D eigenvalue weighted by Crippen LogP contribution is -2.15. The lowest BCUT2D eigenvalue weighted by molar-refractivity contribution is 0.0698.